The van der Waals surface area contributed by atoms with E-state index in [1.165, 1.54) is 22.9 Å². The maximum Gasteiger partial charge on any atom is 0.346 e. The third kappa shape index (κ3) is 2.54. The summed E-state index contributed by atoms with van der Waals surface area (Å²) in [5, 5.41) is 10.1. The number of carboxylic acids is 1. The Morgan fingerprint density at radius 2 is 2.21 bits per heavy atom. The summed E-state index contributed by atoms with van der Waals surface area (Å²) in [4.78, 5) is 17.3. The lowest BCUT2D eigenvalue weighted by Crippen LogP contribution is -2.04. The number of halogens is 1. The van der Waals surface area contributed by atoms with Crippen molar-refractivity contribution in [3.05, 3.63) is 44.6 Å². The van der Waals surface area contributed by atoms with E-state index < -0.39 is 5.97 Å². The number of aryl methyl sites for hydroxylation is 2. The normalized spacial score (nSPS) is 12.6. The van der Waals surface area contributed by atoms with Gasteiger partial charge in [-0.05, 0) is 70.5 Å². The molecule has 1 aliphatic rings. The van der Waals surface area contributed by atoms with Crippen molar-refractivity contribution in [1.82, 2.24) is 9.36 Å². The molecule has 0 spiro atoms. The first kappa shape index (κ1) is 15.7. The Kier molecular flexibility index (Phi) is 3.90. The van der Waals surface area contributed by atoms with Crippen LogP contribution in [-0.2, 0) is 12.8 Å². The van der Waals surface area contributed by atoms with E-state index in [0.29, 0.717) is 22.1 Å². The van der Waals surface area contributed by atoms with Gasteiger partial charge in [0.25, 0.3) is 0 Å². The van der Waals surface area contributed by atoms with Crippen molar-refractivity contribution >= 4 is 44.8 Å². The lowest BCUT2D eigenvalue weighted by molar-refractivity contribution is 0.0701. The van der Waals surface area contributed by atoms with Gasteiger partial charge in [-0.3, -0.25) is 0 Å². The Labute approximate surface area is 154 Å². The van der Waals surface area contributed by atoms with Gasteiger partial charge in [-0.1, -0.05) is 11.3 Å². The number of carboxylic acid groups (broad SMARTS) is 1. The quantitative estimate of drug-likeness (QED) is 0.605. The van der Waals surface area contributed by atoms with E-state index in [4.69, 9.17) is 4.74 Å². The fourth-order valence-corrected chi connectivity index (χ4v) is 5.17. The summed E-state index contributed by atoms with van der Waals surface area (Å²) in [7, 11) is 0. The molecule has 0 saturated carbocycles. The van der Waals surface area contributed by atoms with Crippen LogP contribution >= 0.6 is 38.8 Å². The van der Waals surface area contributed by atoms with Crippen molar-refractivity contribution in [2.75, 3.05) is 0 Å². The van der Waals surface area contributed by atoms with Crippen molar-refractivity contribution in [3.63, 3.8) is 0 Å². The SMILES string of the molecule is Cc1nc(Br)ccc1Oc1sc(C(=O)O)c2c1-c1sncc1CC2. The molecule has 24 heavy (non-hydrogen) atoms. The average Bonchev–Trinajstić information content (AvgIpc) is 3.14. The lowest BCUT2D eigenvalue weighted by Gasteiger charge is -2.14. The van der Waals surface area contributed by atoms with Gasteiger partial charge < -0.3 is 9.84 Å². The zero-order valence-electron chi connectivity index (χ0n) is 12.5. The molecule has 0 unspecified atom stereocenters. The summed E-state index contributed by atoms with van der Waals surface area (Å²) >= 11 is 5.89. The number of aromatic nitrogens is 2. The molecule has 0 atom stereocenters. The lowest BCUT2D eigenvalue weighted by atomic mass is 9.93. The largest absolute Gasteiger partial charge is 0.477 e. The van der Waals surface area contributed by atoms with Crippen molar-refractivity contribution in [2.45, 2.75) is 19.8 Å². The number of nitrogens with zero attached hydrogens (tertiary/aromatic N) is 2. The van der Waals surface area contributed by atoms with E-state index in [1.807, 2.05) is 19.2 Å². The molecule has 1 aliphatic carbocycles. The predicted octanol–water partition coefficient (Wildman–Crippen LogP) is 4.93. The molecule has 0 saturated heterocycles. The van der Waals surface area contributed by atoms with Gasteiger partial charge in [0.05, 0.1) is 16.1 Å². The van der Waals surface area contributed by atoms with Crippen LogP contribution in [0.2, 0.25) is 0 Å². The smallest absolute Gasteiger partial charge is 0.346 e. The van der Waals surface area contributed by atoms with E-state index >= 15 is 0 Å². The molecule has 4 rings (SSSR count). The number of hydrogen-bond donors (Lipinski definition) is 1. The summed E-state index contributed by atoms with van der Waals surface area (Å²) < 4.78 is 11.1. The van der Waals surface area contributed by atoms with Crippen LogP contribution in [0.4, 0.5) is 0 Å². The number of pyridine rings is 1. The van der Waals surface area contributed by atoms with Gasteiger partial charge in [0.1, 0.15) is 15.2 Å². The second-order valence-corrected chi connectivity index (χ2v) is 7.97. The third-order valence-electron chi connectivity index (χ3n) is 3.89. The summed E-state index contributed by atoms with van der Waals surface area (Å²) in [6, 6.07) is 3.63. The van der Waals surface area contributed by atoms with E-state index in [0.717, 1.165) is 38.3 Å². The summed E-state index contributed by atoms with van der Waals surface area (Å²) in [6.07, 6.45) is 3.37. The second-order valence-electron chi connectivity index (χ2n) is 5.38. The molecule has 0 fully saturated rings. The zero-order valence-corrected chi connectivity index (χ0v) is 15.7. The van der Waals surface area contributed by atoms with Crippen molar-refractivity contribution in [1.29, 1.82) is 0 Å². The fraction of sp³-hybridized carbons (Fsp3) is 0.188. The number of ether oxygens (including phenoxy) is 1. The molecular formula is C16H11BrN2O3S2. The maximum atomic E-state index is 11.6. The molecule has 3 aromatic rings. The van der Waals surface area contributed by atoms with Gasteiger partial charge in [-0.25, -0.2) is 14.2 Å². The van der Waals surface area contributed by atoms with Crippen LogP contribution in [0.1, 0.15) is 26.5 Å². The van der Waals surface area contributed by atoms with Crippen molar-refractivity contribution in [2.24, 2.45) is 0 Å². The Balaban J connectivity index is 1.86. The van der Waals surface area contributed by atoms with Gasteiger partial charge in [0.2, 0.25) is 0 Å². The number of hydrogen-bond acceptors (Lipinski definition) is 6. The van der Waals surface area contributed by atoms with Crippen molar-refractivity contribution in [3.8, 4) is 21.3 Å². The van der Waals surface area contributed by atoms with Crippen LogP contribution in [0.25, 0.3) is 10.4 Å². The molecule has 0 bridgehead atoms. The third-order valence-corrected chi connectivity index (χ3v) is 6.29. The molecule has 0 radical (unpaired) electrons. The number of rotatable bonds is 3. The fourth-order valence-electron chi connectivity index (χ4n) is 2.78. The standard InChI is InChI=1S/C16H11BrN2O3S2/c1-7-10(4-5-11(17)19-7)22-16-12-9(14(23-16)15(20)21)3-2-8-6-18-24-13(8)12/h4-6H,2-3H2,1H3,(H,20,21). The zero-order chi connectivity index (χ0) is 16.8. The minimum absolute atomic E-state index is 0.349. The van der Waals surface area contributed by atoms with Gasteiger partial charge in [0.15, 0.2) is 5.06 Å². The molecule has 8 heteroatoms. The van der Waals surface area contributed by atoms with Gasteiger partial charge in [-0.15, -0.1) is 0 Å². The minimum atomic E-state index is -0.912. The Morgan fingerprint density at radius 1 is 1.38 bits per heavy atom. The van der Waals surface area contributed by atoms with E-state index in [9.17, 15) is 9.90 Å². The monoisotopic (exact) mass is 422 g/mol. The number of carbonyl (C=O) groups is 1. The van der Waals surface area contributed by atoms with Crippen LogP contribution in [0.5, 0.6) is 10.8 Å². The first-order chi connectivity index (χ1) is 11.5. The van der Waals surface area contributed by atoms with Gasteiger partial charge in [0, 0.05) is 6.20 Å². The molecule has 5 nitrogen and oxygen atoms in total. The van der Waals surface area contributed by atoms with Gasteiger partial charge >= 0.3 is 5.97 Å². The molecule has 0 amide bonds. The topological polar surface area (TPSA) is 72.3 Å². The molecule has 1 N–H and O–H groups in total. The van der Waals surface area contributed by atoms with Crippen LogP contribution < -0.4 is 4.74 Å². The van der Waals surface area contributed by atoms with Gasteiger partial charge in [-0.2, -0.15) is 0 Å². The molecular weight excluding hydrogens is 412 g/mol. The highest BCUT2D eigenvalue weighted by Crippen LogP contribution is 2.50. The first-order valence-corrected chi connectivity index (χ1v) is 9.56. The van der Waals surface area contributed by atoms with E-state index in [2.05, 4.69) is 25.3 Å². The van der Waals surface area contributed by atoms with Crippen molar-refractivity contribution < 1.29 is 14.6 Å². The average molecular weight is 423 g/mol. The number of fused-ring (bicyclic) bond motifs is 3. The summed E-state index contributed by atoms with van der Waals surface area (Å²) in [5.41, 5.74) is 3.62. The maximum absolute atomic E-state index is 11.6. The number of aromatic carboxylic acids is 1. The summed E-state index contributed by atoms with van der Waals surface area (Å²) in [5.74, 6) is -0.291. The minimum Gasteiger partial charge on any atom is -0.477 e. The highest BCUT2D eigenvalue weighted by molar-refractivity contribution is 9.10. The molecule has 3 aromatic heterocycles. The van der Waals surface area contributed by atoms with Crippen LogP contribution in [0.15, 0.2) is 22.9 Å². The second kappa shape index (κ2) is 5.94. The highest BCUT2D eigenvalue weighted by Gasteiger charge is 2.30. The number of thiophene rings is 1. The molecule has 0 aliphatic heterocycles. The summed E-state index contributed by atoms with van der Waals surface area (Å²) in [6.45, 7) is 1.86. The molecule has 3 heterocycles. The predicted molar refractivity (Wildman–Crippen MR) is 96.5 cm³/mol. The van der Waals surface area contributed by atoms with Crippen LogP contribution in [0.3, 0.4) is 0 Å². The van der Waals surface area contributed by atoms with Crippen LogP contribution in [0, 0.1) is 6.92 Å². The Bertz CT molecular complexity index is 964. The Morgan fingerprint density at radius 3 is 2.96 bits per heavy atom. The van der Waals surface area contributed by atoms with E-state index in [1.54, 1.807) is 6.07 Å². The van der Waals surface area contributed by atoms with Crippen LogP contribution in [-0.4, -0.2) is 20.4 Å². The van der Waals surface area contributed by atoms with E-state index in [-0.39, 0.29) is 0 Å². The molecule has 0 aromatic carbocycles. The first-order valence-electron chi connectivity index (χ1n) is 7.18. The Hall–Kier alpha value is -1.77. The molecule has 122 valence electrons. The highest BCUT2D eigenvalue weighted by atomic mass is 79.9.